The molecule has 5 nitrogen and oxygen atoms in total. The number of nitrogens with one attached hydrogen (secondary N) is 2. The number of oxime groups is 1. The van der Waals surface area contributed by atoms with E-state index in [2.05, 4.69) is 22.4 Å². The van der Waals surface area contributed by atoms with Crippen LogP contribution in [0.15, 0.2) is 35.5 Å². The molecule has 0 atom stereocenters. The van der Waals surface area contributed by atoms with Crippen molar-refractivity contribution < 1.29 is 9.63 Å². The average molecular weight is 297 g/mol. The van der Waals surface area contributed by atoms with Gasteiger partial charge in [0.2, 0.25) is 0 Å². The lowest BCUT2D eigenvalue weighted by Gasteiger charge is -2.14. The molecular weight excluding hydrogens is 278 g/mol. The van der Waals surface area contributed by atoms with Crippen LogP contribution in [-0.4, -0.2) is 16.8 Å². The van der Waals surface area contributed by atoms with Gasteiger partial charge < -0.3 is 4.98 Å². The van der Waals surface area contributed by atoms with E-state index in [1.165, 1.54) is 11.3 Å². The third-order valence-electron chi connectivity index (χ3n) is 3.97. The van der Waals surface area contributed by atoms with Crippen LogP contribution in [0.1, 0.15) is 35.4 Å². The van der Waals surface area contributed by atoms with Crippen molar-refractivity contribution in [1.29, 1.82) is 0 Å². The summed E-state index contributed by atoms with van der Waals surface area (Å²) in [5.74, 6) is 0. The molecule has 5 heteroatoms. The Bertz CT molecular complexity index is 717. The molecule has 0 spiro atoms. The number of benzene rings is 1. The van der Waals surface area contributed by atoms with Gasteiger partial charge in [0.05, 0.1) is 5.71 Å². The Kier molecular flexibility index (Phi) is 3.96. The van der Waals surface area contributed by atoms with Crippen molar-refractivity contribution in [3.05, 3.63) is 52.8 Å². The van der Waals surface area contributed by atoms with Crippen LogP contribution >= 0.6 is 0 Å². The number of H-pyrrole nitrogens is 1. The molecule has 1 aromatic heterocycles. The first-order valence-corrected chi connectivity index (χ1v) is 7.43. The summed E-state index contributed by atoms with van der Waals surface area (Å²) in [6.45, 7) is 4.11. The smallest absolute Gasteiger partial charge is 0.362 e. The van der Waals surface area contributed by atoms with Crippen LogP contribution in [0.3, 0.4) is 0 Å². The molecule has 1 aliphatic carbocycles. The predicted molar refractivity (Wildman–Crippen MR) is 86.3 cm³/mol. The largest absolute Gasteiger partial charge is 0.437 e. The first kappa shape index (κ1) is 14.4. The van der Waals surface area contributed by atoms with E-state index in [9.17, 15) is 4.79 Å². The molecule has 3 rings (SSSR count). The zero-order valence-corrected chi connectivity index (χ0v) is 12.8. The minimum absolute atomic E-state index is 0.573. The first-order valence-electron chi connectivity index (χ1n) is 7.43. The van der Waals surface area contributed by atoms with E-state index in [1.807, 2.05) is 25.1 Å². The van der Waals surface area contributed by atoms with Crippen LogP contribution in [0.4, 0.5) is 10.5 Å². The maximum Gasteiger partial charge on any atom is 0.437 e. The number of aryl methyl sites for hydroxylation is 2. The Morgan fingerprint density at radius 2 is 2.00 bits per heavy atom. The minimum atomic E-state index is -0.573. The summed E-state index contributed by atoms with van der Waals surface area (Å²) >= 11 is 0. The lowest BCUT2D eigenvalue weighted by Crippen LogP contribution is -2.16. The molecule has 1 aromatic carbocycles. The van der Waals surface area contributed by atoms with E-state index in [-0.39, 0.29) is 0 Å². The number of fused-ring (bicyclic) bond motifs is 1. The lowest BCUT2D eigenvalue weighted by molar-refractivity contribution is 0.166. The summed E-state index contributed by atoms with van der Waals surface area (Å²) < 4.78 is 0. The summed E-state index contributed by atoms with van der Waals surface area (Å²) in [7, 11) is 0. The summed E-state index contributed by atoms with van der Waals surface area (Å²) in [6.07, 6.45) is 2.27. The Hall–Kier alpha value is -2.56. The molecule has 0 saturated carbocycles. The molecule has 0 aliphatic heterocycles. The van der Waals surface area contributed by atoms with Gasteiger partial charge in [-0.1, -0.05) is 23.4 Å². The third-order valence-corrected chi connectivity index (χ3v) is 3.97. The fourth-order valence-corrected chi connectivity index (χ4v) is 2.78. The Morgan fingerprint density at radius 3 is 2.77 bits per heavy atom. The van der Waals surface area contributed by atoms with Gasteiger partial charge in [-0.2, -0.15) is 0 Å². The van der Waals surface area contributed by atoms with Crippen molar-refractivity contribution in [1.82, 2.24) is 4.98 Å². The molecule has 1 heterocycles. The van der Waals surface area contributed by atoms with Gasteiger partial charge in [0.15, 0.2) is 0 Å². The molecule has 1 amide bonds. The molecule has 114 valence electrons. The van der Waals surface area contributed by atoms with E-state index in [4.69, 9.17) is 4.84 Å². The van der Waals surface area contributed by atoms with E-state index in [0.29, 0.717) is 5.69 Å². The van der Waals surface area contributed by atoms with E-state index < -0.39 is 6.09 Å². The highest BCUT2D eigenvalue weighted by Crippen LogP contribution is 2.26. The number of hydrogen-bond acceptors (Lipinski definition) is 3. The maximum atomic E-state index is 11.8. The molecule has 2 N–H and O–H groups in total. The normalized spacial score (nSPS) is 15.5. The number of amides is 1. The molecule has 0 fully saturated rings. The number of rotatable bonds is 2. The van der Waals surface area contributed by atoms with Crippen LogP contribution in [0.2, 0.25) is 0 Å². The fraction of sp³-hybridized carbons (Fsp3) is 0.294. The average Bonchev–Trinajstić information content (AvgIpc) is 2.82. The SMILES string of the molecule is Cc1[nH]c2c(c1C)/C(=N/OC(=O)Nc1ccccc1)CCC2. The van der Waals surface area contributed by atoms with E-state index in [1.54, 1.807) is 12.1 Å². The molecule has 0 bridgehead atoms. The van der Waals surface area contributed by atoms with Gasteiger partial charge in [-0.3, -0.25) is 10.2 Å². The van der Waals surface area contributed by atoms with Crippen LogP contribution in [0, 0.1) is 13.8 Å². The standard InChI is InChI=1S/C17H19N3O2/c1-11-12(2)18-14-9-6-10-15(16(11)14)20-22-17(21)19-13-7-4-3-5-8-13/h3-5,7-8,18H,6,9-10H2,1-2H3,(H,19,21)/b20-15+. The summed E-state index contributed by atoms with van der Waals surface area (Å²) in [5, 5.41) is 6.73. The van der Waals surface area contributed by atoms with Crippen LogP contribution in [-0.2, 0) is 11.3 Å². The highest BCUT2D eigenvalue weighted by molar-refractivity contribution is 6.04. The van der Waals surface area contributed by atoms with Crippen molar-refractivity contribution in [3.8, 4) is 0 Å². The maximum absolute atomic E-state index is 11.8. The summed E-state index contributed by atoms with van der Waals surface area (Å²) in [6, 6.07) is 9.18. The topological polar surface area (TPSA) is 66.5 Å². The van der Waals surface area contributed by atoms with Gasteiger partial charge in [0.1, 0.15) is 0 Å². The number of hydrogen-bond donors (Lipinski definition) is 2. The number of carbonyl (C=O) groups excluding carboxylic acids is 1. The van der Waals surface area contributed by atoms with E-state index in [0.717, 1.165) is 36.2 Å². The lowest BCUT2D eigenvalue weighted by atomic mass is 9.93. The van der Waals surface area contributed by atoms with Crippen molar-refractivity contribution in [2.75, 3.05) is 5.32 Å². The van der Waals surface area contributed by atoms with Gasteiger partial charge in [0.25, 0.3) is 0 Å². The van der Waals surface area contributed by atoms with Gasteiger partial charge in [-0.25, -0.2) is 4.79 Å². The summed E-state index contributed by atoms with van der Waals surface area (Å²) in [4.78, 5) is 20.2. The fourth-order valence-electron chi connectivity index (χ4n) is 2.78. The van der Waals surface area contributed by atoms with Crippen molar-refractivity contribution in [2.24, 2.45) is 5.16 Å². The molecule has 0 unspecified atom stereocenters. The number of aromatic amines is 1. The Labute approximate surface area is 129 Å². The Balaban J connectivity index is 1.73. The van der Waals surface area contributed by atoms with Gasteiger partial charge in [-0.15, -0.1) is 0 Å². The number of nitrogens with zero attached hydrogens (tertiary/aromatic N) is 1. The van der Waals surface area contributed by atoms with Crippen LogP contribution in [0.5, 0.6) is 0 Å². The number of para-hydroxylation sites is 1. The third kappa shape index (κ3) is 2.88. The zero-order valence-electron chi connectivity index (χ0n) is 12.8. The van der Waals surface area contributed by atoms with Crippen LogP contribution in [0.25, 0.3) is 0 Å². The van der Waals surface area contributed by atoms with Gasteiger partial charge in [-0.05, 0) is 50.8 Å². The van der Waals surface area contributed by atoms with Crippen molar-refractivity contribution >= 4 is 17.5 Å². The second kappa shape index (κ2) is 6.05. The highest BCUT2D eigenvalue weighted by Gasteiger charge is 2.22. The number of anilines is 1. The first-order chi connectivity index (χ1) is 10.6. The van der Waals surface area contributed by atoms with E-state index >= 15 is 0 Å². The van der Waals surface area contributed by atoms with Crippen molar-refractivity contribution in [3.63, 3.8) is 0 Å². The molecule has 2 aromatic rings. The Morgan fingerprint density at radius 1 is 1.23 bits per heavy atom. The highest BCUT2D eigenvalue weighted by atomic mass is 16.7. The summed E-state index contributed by atoms with van der Waals surface area (Å²) in [5.41, 5.74) is 6.15. The minimum Gasteiger partial charge on any atom is -0.362 e. The predicted octanol–water partition coefficient (Wildman–Crippen LogP) is 3.92. The zero-order chi connectivity index (χ0) is 15.5. The van der Waals surface area contributed by atoms with Crippen LogP contribution < -0.4 is 5.32 Å². The monoisotopic (exact) mass is 297 g/mol. The molecule has 0 saturated heterocycles. The molecular formula is C17H19N3O2. The molecule has 0 radical (unpaired) electrons. The molecule has 22 heavy (non-hydrogen) atoms. The molecule has 1 aliphatic rings. The number of carbonyl (C=O) groups is 1. The number of aromatic nitrogens is 1. The van der Waals surface area contributed by atoms with Gasteiger partial charge >= 0.3 is 6.09 Å². The second-order valence-corrected chi connectivity index (χ2v) is 5.49. The van der Waals surface area contributed by atoms with Gasteiger partial charge in [0, 0.05) is 22.6 Å². The second-order valence-electron chi connectivity index (χ2n) is 5.49. The quantitative estimate of drug-likeness (QED) is 0.651. The van der Waals surface area contributed by atoms with Crippen molar-refractivity contribution in [2.45, 2.75) is 33.1 Å².